The van der Waals surface area contributed by atoms with Crippen molar-refractivity contribution in [1.82, 2.24) is 10.6 Å². The van der Waals surface area contributed by atoms with Gasteiger partial charge in [-0.15, -0.1) is 0 Å². The maximum absolute atomic E-state index is 10.4. The van der Waals surface area contributed by atoms with Crippen LogP contribution in [0.25, 0.3) is 0 Å². The molecule has 0 saturated heterocycles. The summed E-state index contributed by atoms with van der Waals surface area (Å²) in [5.41, 5.74) is 4.94. The summed E-state index contributed by atoms with van der Waals surface area (Å²) >= 11 is 0. The number of hydrogen-bond acceptors (Lipinski definition) is 4. The molecule has 3 unspecified atom stereocenters. The first-order valence-corrected chi connectivity index (χ1v) is 7.67. The van der Waals surface area contributed by atoms with Crippen molar-refractivity contribution in [3.05, 3.63) is 0 Å². The molecule has 20 heavy (non-hydrogen) atoms. The average molecular weight is 287 g/mol. The molecule has 118 valence electrons. The highest BCUT2D eigenvalue weighted by Crippen LogP contribution is 2.29. The standard InChI is InChI=1S/C14H29N3O3/c1-2-11-5-3-4-6-13(11)20-10-12(18)9-16-7-8-17-14(15)19/h11-13,16,18H,2-10H2,1H3,(H3,15,17,19). The number of carbonyl (C=O) groups is 1. The zero-order valence-corrected chi connectivity index (χ0v) is 12.4. The predicted molar refractivity (Wildman–Crippen MR) is 78.5 cm³/mol. The van der Waals surface area contributed by atoms with Gasteiger partial charge in [-0.05, 0) is 18.8 Å². The molecule has 6 heteroatoms. The van der Waals surface area contributed by atoms with E-state index in [1.54, 1.807) is 0 Å². The van der Waals surface area contributed by atoms with Crippen LogP contribution in [-0.2, 0) is 4.74 Å². The van der Waals surface area contributed by atoms with E-state index in [4.69, 9.17) is 10.5 Å². The Morgan fingerprint density at radius 1 is 1.40 bits per heavy atom. The van der Waals surface area contributed by atoms with Crippen molar-refractivity contribution in [1.29, 1.82) is 0 Å². The van der Waals surface area contributed by atoms with Crippen molar-refractivity contribution in [2.24, 2.45) is 11.7 Å². The Morgan fingerprint density at radius 3 is 2.85 bits per heavy atom. The highest BCUT2D eigenvalue weighted by atomic mass is 16.5. The summed E-state index contributed by atoms with van der Waals surface area (Å²) in [6.45, 7) is 4.09. The normalized spacial score (nSPS) is 24.3. The number of aliphatic hydroxyl groups excluding tert-OH is 1. The van der Waals surface area contributed by atoms with Gasteiger partial charge in [0.2, 0.25) is 0 Å². The molecule has 0 aromatic heterocycles. The van der Waals surface area contributed by atoms with Gasteiger partial charge >= 0.3 is 6.03 Å². The van der Waals surface area contributed by atoms with Crippen LogP contribution in [0, 0.1) is 5.92 Å². The number of primary amides is 1. The van der Waals surface area contributed by atoms with E-state index in [9.17, 15) is 9.90 Å². The number of rotatable bonds is 9. The minimum atomic E-state index is -0.529. The molecule has 5 N–H and O–H groups in total. The van der Waals surface area contributed by atoms with Gasteiger partial charge in [0.1, 0.15) is 0 Å². The van der Waals surface area contributed by atoms with E-state index in [1.807, 2.05) is 0 Å². The highest BCUT2D eigenvalue weighted by Gasteiger charge is 2.24. The molecule has 0 aromatic carbocycles. The number of urea groups is 1. The Labute approximate surface area is 121 Å². The van der Waals surface area contributed by atoms with Crippen LogP contribution in [-0.4, -0.2) is 49.6 Å². The van der Waals surface area contributed by atoms with Crippen molar-refractivity contribution >= 4 is 6.03 Å². The summed E-state index contributed by atoms with van der Waals surface area (Å²) in [5.74, 6) is 0.642. The molecule has 0 aromatic rings. The number of aliphatic hydroxyl groups is 1. The fraction of sp³-hybridized carbons (Fsp3) is 0.929. The molecule has 3 atom stereocenters. The molecule has 0 spiro atoms. The van der Waals surface area contributed by atoms with Crippen LogP contribution in [0.3, 0.4) is 0 Å². The Hall–Kier alpha value is -0.850. The second-order valence-electron chi connectivity index (χ2n) is 5.47. The van der Waals surface area contributed by atoms with Gasteiger partial charge in [-0.25, -0.2) is 4.79 Å². The molecular formula is C14H29N3O3. The lowest BCUT2D eigenvalue weighted by Crippen LogP contribution is -2.39. The van der Waals surface area contributed by atoms with Gasteiger partial charge in [-0.2, -0.15) is 0 Å². The summed E-state index contributed by atoms with van der Waals surface area (Å²) in [4.78, 5) is 10.4. The van der Waals surface area contributed by atoms with Crippen LogP contribution in [0.4, 0.5) is 4.79 Å². The first kappa shape index (κ1) is 17.2. The quantitative estimate of drug-likeness (QED) is 0.467. The largest absolute Gasteiger partial charge is 0.389 e. The van der Waals surface area contributed by atoms with E-state index in [-0.39, 0.29) is 0 Å². The second kappa shape index (κ2) is 9.96. The third-order valence-corrected chi connectivity index (χ3v) is 3.85. The van der Waals surface area contributed by atoms with Gasteiger partial charge in [-0.1, -0.05) is 26.2 Å². The molecule has 1 saturated carbocycles. The number of carbonyl (C=O) groups excluding carboxylic acids is 1. The Kier molecular flexibility index (Phi) is 8.57. The van der Waals surface area contributed by atoms with Crippen molar-refractivity contribution in [3.63, 3.8) is 0 Å². The summed E-state index contributed by atoms with van der Waals surface area (Å²) in [7, 11) is 0. The monoisotopic (exact) mass is 287 g/mol. The minimum Gasteiger partial charge on any atom is -0.389 e. The average Bonchev–Trinajstić information content (AvgIpc) is 2.44. The number of ether oxygens (including phenoxy) is 1. The van der Waals surface area contributed by atoms with Gasteiger partial charge in [0.15, 0.2) is 0 Å². The Bertz CT molecular complexity index is 276. The number of nitrogens with two attached hydrogens (primary N) is 1. The lowest BCUT2D eigenvalue weighted by molar-refractivity contribution is -0.0498. The first-order chi connectivity index (χ1) is 9.63. The minimum absolute atomic E-state index is 0.305. The Balaban J connectivity index is 2.06. The molecule has 6 nitrogen and oxygen atoms in total. The van der Waals surface area contributed by atoms with Gasteiger partial charge in [-0.3, -0.25) is 0 Å². The van der Waals surface area contributed by atoms with Crippen molar-refractivity contribution in [2.75, 3.05) is 26.2 Å². The van der Waals surface area contributed by atoms with Crippen LogP contribution in [0.5, 0.6) is 0 Å². The molecular weight excluding hydrogens is 258 g/mol. The zero-order chi connectivity index (χ0) is 14.8. The topological polar surface area (TPSA) is 96.6 Å². The summed E-state index contributed by atoms with van der Waals surface area (Å²) < 4.78 is 5.86. The van der Waals surface area contributed by atoms with Crippen molar-refractivity contribution in [2.45, 2.75) is 51.2 Å². The third kappa shape index (κ3) is 7.07. The molecule has 1 rings (SSSR count). The van der Waals surface area contributed by atoms with Gasteiger partial charge in [0.25, 0.3) is 0 Å². The summed E-state index contributed by atoms with van der Waals surface area (Å²) in [5, 5.41) is 15.4. The second-order valence-corrected chi connectivity index (χ2v) is 5.47. The first-order valence-electron chi connectivity index (χ1n) is 7.67. The van der Waals surface area contributed by atoms with Gasteiger partial charge in [0, 0.05) is 19.6 Å². The van der Waals surface area contributed by atoms with Gasteiger partial charge < -0.3 is 26.2 Å². The van der Waals surface area contributed by atoms with E-state index in [0.29, 0.717) is 38.3 Å². The molecule has 0 bridgehead atoms. The number of amides is 2. The van der Waals surface area contributed by atoms with Gasteiger partial charge in [0.05, 0.1) is 18.8 Å². The van der Waals surface area contributed by atoms with Crippen LogP contribution in [0.1, 0.15) is 39.0 Å². The molecule has 1 fully saturated rings. The summed E-state index contributed by atoms with van der Waals surface area (Å²) in [6, 6.07) is -0.529. The maximum Gasteiger partial charge on any atom is 0.312 e. The molecule has 0 aliphatic heterocycles. The summed E-state index contributed by atoms with van der Waals surface area (Å²) in [6.07, 6.45) is 5.83. The molecule has 2 amide bonds. The maximum atomic E-state index is 10.4. The Morgan fingerprint density at radius 2 is 2.15 bits per heavy atom. The van der Waals surface area contributed by atoms with Crippen molar-refractivity contribution < 1.29 is 14.6 Å². The predicted octanol–water partition coefficient (Wildman–Crippen LogP) is 0.591. The molecule has 1 aliphatic rings. The van der Waals surface area contributed by atoms with E-state index < -0.39 is 12.1 Å². The fourth-order valence-corrected chi connectivity index (χ4v) is 2.70. The van der Waals surface area contributed by atoms with E-state index >= 15 is 0 Å². The third-order valence-electron chi connectivity index (χ3n) is 3.85. The van der Waals surface area contributed by atoms with Crippen LogP contribution < -0.4 is 16.4 Å². The smallest absolute Gasteiger partial charge is 0.312 e. The van der Waals surface area contributed by atoms with Crippen molar-refractivity contribution in [3.8, 4) is 0 Å². The molecule has 0 heterocycles. The zero-order valence-electron chi connectivity index (χ0n) is 12.4. The van der Waals surface area contributed by atoms with Crippen LogP contribution in [0.15, 0.2) is 0 Å². The van der Waals surface area contributed by atoms with Crippen LogP contribution in [0.2, 0.25) is 0 Å². The van der Waals surface area contributed by atoms with E-state index in [2.05, 4.69) is 17.6 Å². The SMILES string of the molecule is CCC1CCCCC1OCC(O)CNCCNC(N)=O. The lowest BCUT2D eigenvalue weighted by atomic mass is 9.85. The lowest BCUT2D eigenvalue weighted by Gasteiger charge is -2.31. The van der Waals surface area contributed by atoms with Crippen LogP contribution >= 0.6 is 0 Å². The number of hydrogen-bond donors (Lipinski definition) is 4. The van der Waals surface area contributed by atoms with E-state index in [0.717, 1.165) is 12.8 Å². The number of nitrogens with one attached hydrogen (secondary N) is 2. The fourth-order valence-electron chi connectivity index (χ4n) is 2.70. The van der Waals surface area contributed by atoms with E-state index in [1.165, 1.54) is 19.3 Å². The highest BCUT2D eigenvalue weighted by molar-refractivity contribution is 5.71. The molecule has 1 aliphatic carbocycles. The molecule has 0 radical (unpaired) electrons.